The largest absolute Gasteiger partial charge is 0.308 e. The second kappa shape index (κ2) is 8.78. The Hall–Kier alpha value is -5.94. The van der Waals surface area contributed by atoms with E-state index in [4.69, 9.17) is 0 Å². The molecule has 0 aliphatic carbocycles. The molecule has 202 valence electrons. The lowest BCUT2D eigenvalue weighted by Crippen LogP contribution is -2.24. The topological polar surface area (TPSA) is 45.0 Å². The molecule has 8 aromatic rings. The van der Waals surface area contributed by atoms with E-state index in [0.29, 0.717) is 27.1 Å². The van der Waals surface area contributed by atoms with Crippen molar-refractivity contribution in [2.24, 2.45) is 0 Å². The Kier molecular flexibility index (Phi) is 4.85. The number of nitrogens with zero attached hydrogens (tertiary/aromatic N) is 3. The zero-order valence-corrected chi connectivity index (χ0v) is 22.9. The molecule has 0 radical (unpaired) electrons. The number of benzene rings is 6. The predicted octanol–water partition coefficient (Wildman–Crippen LogP) is 8.81. The quantitative estimate of drug-likeness (QED) is 0.159. The molecule has 6 aromatic carbocycles. The first-order valence-electron chi connectivity index (χ1n) is 14.3. The molecule has 0 spiro atoms. The monoisotopic (exact) mass is 553 g/mol. The summed E-state index contributed by atoms with van der Waals surface area (Å²) < 4.78 is 2.08. The zero-order valence-electron chi connectivity index (χ0n) is 22.9. The van der Waals surface area contributed by atoms with Crippen LogP contribution in [0.25, 0.3) is 38.1 Å². The van der Waals surface area contributed by atoms with Gasteiger partial charge >= 0.3 is 0 Å². The number of hydrogen-bond acceptors (Lipinski definition) is 4. The molecule has 43 heavy (non-hydrogen) atoms. The van der Waals surface area contributed by atoms with Crippen LogP contribution in [-0.2, 0) is 0 Å². The molecule has 1 aliphatic rings. The van der Waals surface area contributed by atoms with Crippen LogP contribution in [0.4, 0.5) is 34.1 Å². The van der Waals surface area contributed by atoms with E-state index >= 15 is 0 Å². The molecule has 0 amide bonds. The molecular formula is C38H23N3O2. The van der Waals surface area contributed by atoms with Crippen molar-refractivity contribution in [1.82, 2.24) is 4.40 Å². The van der Waals surface area contributed by atoms with E-state index in [2.05, 4.69) is 80.9 Å². The second-order valence-corrected chi connectivity index (χ2v) is 10.9. The van der Waals surface area contributed by atoms with Gasteiger partial charge in [0.05, 0.1) is 39.3 Å². The van der Waals surface area contributed by atoms with Crippen LogP contribution in [0.5, 0.6) is 0 Å². The summed E-state index contributed by atoms with van der Waals surface area (Å²) in [6.45, 7) is 0. The Morgan fingerprint density at radius 1 is 0.372 bits per heavy atom. The number of rotatable bonds is 2. The maximum Gasteiger partial charge on any atom is 0.197 e. The molecule has 1 aliphatic heterocycles. The van der Waals surface area contributed by atoms with Gasteiger partial charge in [-0.2, -0.15) is 0 Å². The van der Waals surface area contributed by atoms with Crippen LogP contribution in [-0.4, -0.2) is 4.40 Å². The van der Waals surface area contributed by atoms with Crippen LogP contribution >= 0.6 is 0 Å². The second-order valence-electron chi connectivity index (χ2n) is 10.9. The number of pyridine rings is 2. The minimum atomic E-state index is -0.0818. The van der Waals surface area contributed by atoms with Gasteiger partial charge in [-0.3, -0.25) is 9.59 Å². The highest BCUT2D eigenvalue weighted by molar-refractivity contribution is 6.09. The summed E-state index contributed by atoms with van der Waals surface area (Å²) >= 11 is 0. The Bertz CT molecular complexity index is 2470. The first-order valence-corrected chi connectivity index (χ1v) is 14.3. The molecule has 5 nitrogen and oxygen atoms in total. The maximum atomic E-state index is 14.2. The van der Waals surface area contributed by atoms with Crippen molar-refractivity contribution in [3.63, 3.8) is 0 Å². The number of hydrogen-bond donors (Lipinski definition) is 0. The predicted molar refractivity (Wildman–Crippen MR) is 177 cm³/mol. The number of para-hydroxylation sites is 7. The zero-order chi connectivity index (χ0) is 28.7. The Morgan fingerprint density at radius 3 is 1.51 bits per heavy atom. The third-order valence-electron chi connectivity index (χ3n) is 8.60. The van der Waals surface area contributed by atoms with Crippen molar-refractivity contribution in [2.75, 3.05) is 9.80 Å². The van der Waals surface area contributed by atoms with E-state index < -0.39 is 0 Å². The van der Waals surface area contributed by atoms with E-state index in [1.165, 1.54) is 0 Å². The first-order chi connectivity index (χ1) is 21.2. The summed E-state index contributed by atoms with van der Waals surface area (Å²) in [5, 5.41) is 2.34. The van der Waals surface area contributed by atoms with E-state index in [1.807, 2.05) is 66.7 Å². The van der Waals surface area contributed by atoms with Crippen molar-refractivity contribution < 1.29 is 0 Å². The summed E-state index contributed by atoms with van der Waals surface area (Å²) in [6, 6.07) is 46.3. The van der Waals surface area contributed by atoms with Gasteiger partial charge in [-0.25, -0.2) is 0 Å². The Labute approximate surface area is 246 Å². The van der Waals surface area contributed by atoms with Crippen LogP contribution in [0.2, 0.25) is 0 Å². The van der Waals surface area contributed by atoms with Gasteiger partial charge in [0.1, 0.15) is 0 Å². The SMILES string of the molecule is O=c1c2ccccc2n2c3ccc(N4c5ccccc5N(c5ccccc5)c5ccccc54)cc3c(=O)c3cccc1c32. The van der Waals surface area contributed by atoms with Gasteiger partial charge in [0.25, 0.3) is 0 Å². The Morgan fingerprint density at radius 2 is 0.860 bits per heavy atom. The van der Waals surface area contributed by atoms with Gasteiger partial charge in [-0.05, 0) is 78.9 Å². The van der Waals surface area contributed by atoms with E-state index in [1.54, 1.807) is 6.07 Å². The Balaban J connectivity index is 1.36. The van der Waals surface area contributed by atoms with E-state index in [0.717, 1.165) is 45.2 Å². The van der Waals surface area contributed by atoms with Crippen LogP contribution in [0.3, 0.4) is 0 Å². The van der Waals surface area contributed by atoms with Crippen LogP contribution < -0.4 is 20.7 Å². The molecule has 2 aromatic heterocycles. The van der Waals surface area contributed by atoms with Gasteiger partial charge in [0.2, 0.25) is 0 Å². The smallest absolute Gasteiger partial charge is 0.197 e. The standard InChI is InChI=1S/C38H23N3O2/c42-37-26-13-4-5-16-30(26)41-31-22-21-25(23-29(31)38(43)28-15-10-14-27(37)36(28)41)40-34-19-8-6-17-32(34)39(24-11-2-1-3-12-24)33-18-7-9-20-35(33)40/h1-23H. The number of anilines is 6. The molecule has 0 unspecified atom stereocenters. The molecule has 0 atom stereocenters. The molecule has 0 saturated carbocycles. The van der Waals surface area contributed by atoms with Gasteiger partial charge in [-0.1, -0.05) is 60.7 Å². The maximum absolute atomic E-state index is 14.2. The summed E-state index contributed by atoms with van der Waals surface area (Å²) in [4.78, 5) is 32.1. The third kappa shape index (κ3) is 3.22. The van der Waals surface area contributed by atoms with Crippen molar-refractivity contribution in [2.45, 2.75) is 0 Å². The average Bonchev–Trinajstić information content (AvgIpc) is 3.07. The summed E-state index contributed by atoms with van der Waals surface area (Å²) in [6.07, 6.45) is 0. The minimum Gasteiger partial charge on any atom is -0.308 e. The fraction of sp³-hybridized carbons (Fsp3) is 0. The fourth-order valence-corrected chi connectivity index (χ4v) is 6.79. The van der Waals surface area contributed by atoms with Crippen LogP contribution in [0.15, 0.2) is 149 Å². The van der Waals surface area contributed by atoms with Crippen LogP contribution in [0, 0.1) is 0 Å². The summed E-state index contributed by atoms with van der Waals surface area (Å²) in [5.74, 6) is 0. The summed E-state index contributed by atoms with van der Waals surface area (Å²) in [7, 11) is 0. The van der Waals surface area contributed by atoms with Gasteiger partial charge in [0, 0.05) is 32.9 Å². The minimum absolute atomic E-state index is 0.0546. The van der Waals surface area contributed by atoms with Crippen molar-refractivity contribution in [1.29, 1.82) is 0 Å². The molecule has 0 bridgehead atoms. The normalized spacial score (nSPS) is 12.7. The first kappa shape index (κ1) is 23.7. The molecule has 3 heterocycles. The molecule has 9 rings (SSSR count). The number of aromatic nitrogens is 1. The van der Waals surface area contributed by atoms with Crippen molar-refractivity contribution in [3.8, 4) is 0 Å². The molecule has 5 heteroatoms. The molecular weight excluding hydrogens is 530 g/mol. The van der Waals surface area contributed by atoms with E-state index in [9.17, 15) is 9.59 Å². The lowest BCUT2D eigenvalue weighted by Gasteiger charge is -2.40. The summed E-state index contributed by atoms with van der Waals surface area (Å²) in [5.41, 5.74) is 8.21. The van der Waals surface area contributed by atoms with Gasteiger partial charge in [0.15, 0.2) is 10.9 Å². The highest BCUT2D eigenvalue weighted by Crippen LogP contribution is 2.54. The molecule has 0 fully saturated rings. The third-order valence-corrected chi connectivity index (χ3v) is 8.60. The highest BCUT2D eigenvalue weighted by atomic mass is 16.1. The van der Waals surface area contributed by atoms with Gasteiger partial charge in [-0.15, -0.1) is 0 Å². The van der Waals surface area contributed by atoms with Crippen LogP contribution in [0.1, 0.15) is 0 Å². The molecule has 0 saturated heterocycles. The van der Waals surface area contributed by atoms with Gasteiger partial charge < -0.3 is 14.2 Å². The average molecular weight is 554 g/mol. The van der Waals surface area contributed by atoms with Crippen molar-refractivity contribution in [3.05, 3.63) is 160 Å². The lowest BCUT2D eigenvalue weighted by molar-refractivity contribution is 1.17. The number of fused-ring (bicyclic) bond motifs is 6. The molecule has 0 N–H and O–H groups in total. The lowest BCUT2D eigenvalue weighted by atomic mass is 10.0. The fourth-order valence-electron chi connectivity index (χ4n) is 6.79. The van der Waals surface area contributed by atoms with E-state index in [-0.39, 0.29) is 10.9 Å². The van der Waals surface area contributed by atoms with Crippen molar-refractivity contribution >= 4 is 72.2 Å². The highest BCUT2D eigenvalue weighted by Gasteiger charge is 2.30.